The van der Waals surface area contributed by atoms with Gasteiger partial charge < -0.3 is 4.74 Å². The molecule has 1 aliphatic heterocycles. The Morgan fingerprint density at radius 2 is 2.27 bits per heavy atom. The van der Waals surface area contributed by atoms with E-state index in [4.69, 9.17) is 16.3 Å². The van der Waals surface area contributed by atoms with Crippen LogP contribution in [0.4, 0.5) is 0 Å². The molecular formula is C12H13ClO2. The number of halogens is 1. The van der Waals surface area contributed by atoms with E-state index in [-0.39, 0.29) is 11.7 Å². The van der Waals surface area contributed by atoms with Crippen molar-refractivity contribution in [2.24, 2.45) is 5.92 Å². The summed E-state index contributed by atoms with van der Waals surface area (Å²) in [4.78, 5) is 12.0. The van der Waals surface area contributed by atoms with E-state index < -0.39 is 0 Å². The van der Waals surface area contributed by atoms with E-state index in [1.165, 1.54) is 0 Å². The fourth-order valence-electron chi connectivity index (χ4n) is 1.86. The number of aryl methyl sites for hydroxylation is 1. The van der Waals surface area contributed by atoms with Gasteiger partial charge >= 0.3 is 0 Å². The first-order valence-corrected chi connectivity index (χ1v) is 5.44. The van der Waals surface area contributed by atoms with Crippen molar-refractivity contribution < 1.29 is 9.53 Å². The molecule has 1 aromatic carbocycles. The lowest BCUT2D eigenvalue weighted by Crippen LogP contribution is -2.14. The summed E-state index contributed by atoms with van der Waals surface area (Å²) in [6.45, 7) is 3.17. The maximum Gasteiger partial charge on any atom is 0.168 e. The zero-order valence-corrected chi connectivity index (χ0v) is 9.38. The Morgan fingerprint density at radius 1 is 1.47 bits per heavy atom. The molecule has 2 nitrogen and oxygen atoms in total. The van der Waals surface area contributed by atoms with Crippen LogP contribution in [0.1, 0.15) is 22.3 Å². The Hall–Kier alpha value is -0.860. The lowest BCUT2D eigenvalue weighted by Gasteiger charge is -2.07. The van der Waals surface area contributed by atoms with Crippen molar-refractivity contribution in [2.45, 2.75) is 13.3 Å². The molecule has 0 radical (unpaired) electrons. The quantitative estimate of drug-likeness (QED) is 0.723. The van der Waals surface area contributed by atoms with Crippen LogP contribution >= 0.6 is 11.6 Å². The van der Waals surface area contributed by atoms with Gasteiger partial charge in [0.15, 0.2) is 5.78 Å². The molecule has 1 atom stereocenters. The van der Waals surface area contributed by atoms with Crippen molar-refractivity contribution in [3.63, 3.8) is 0 Å². The highest BCUT2D eigenvalue weighted by Crippen LogP contribution is 2.21. The molecule has 0 spiro atoms. The molecule has 0 N–H and O–H groups in total. The number of carbonyl (C=O) groups is 1. The second kappa shape index (κ2) is 4.33. The topological polar surface area (TPSA) is 26.3 Å². The third-order valence-corrected chi connectivity index (χ3v) is 2.85. The normalized spacial score (nSPS) is 20.5. The summed E-state index contributed by atoms with van der Waals surface area (Å²) < 4.78 is 5.21. The highest BCUT2D eigenvalue weighted by molar-refractivity contribution is 6.31. The van der Waals surface area contributed by atoms with Gasteiger partial charge in [-0.1, -0.05) is 11.6 Å². The largest absolute Gasteiger partial charge is 0.381 e. The molecule has 1 fully saturated rings. The van der Waals surface area contributed by atoms with Gasteiger partial charge in [-0.25, -0.2) is 0 Å². The van der Waals surface area contributed by atoms with Crippen LogP contribution in [0, 0.1) is 12.8 Å². The Labute approximate surface area is 94.2 Å². The van der Waals surface area contributed by atoms with Crippen LogP contribution in [0.15, 0.2) is 18.2 Å². The second-order valence-electron chi connectivity index (χ2n) is 3.94. The fourth-order valence-corrected chi connectivity index (χ4v) is 2.15. The summed E-state index contributed by atoms with van der Waals surface area (Å²) in [7, 11) is 0. The number of ether oxygens (including phenoxy) is 1. The van der Waals surface area contributed by atoms with E-state index in [0.717, 1.165) is 12.0 Å². The number of ketones is 1. The van der Waals surface area contributed by atoms with E-state index in [1.807, 2.05) is 19.1 Å². The van der Waals surface area contributed by atoms with Crippen LogP contribution in [0.2, 0.25) is 5.02 Å². The molecule has 2 rings (SSSR count). The van der Waals surface area contributed by atoms with Crippen LogP contribution in [-0.2, 0) is 4.74 Å². The average Bonchev–Trinajstić information content (AvgIpc) is 2.67. The Morgan fingerprint density at radius 3 is 2.87 bits per heavy atom. The maximum absolute atomic E-state index is 12.0. The Balaban J connectivity index is 2.24. The third kappa shape index (κ3) is 2.39. The minimum atomic E-state index is 0.0165. The van der Waals surface area contributed by atoms with Gasteiger partial charge in [0.1, 0.15) is 0 Å². The summed E-state index contributed by atoms with van der Waals surface area (Å²) >= 11 is 5.92. The molecule has 0 saturated carbocycles. The summed E-state index contributed by atoms with van der Waals surface area (Å²) in [6.07, 6.45) is 0.824. The van der Waals surface area contributed by atoms with Gasteiger partial charge in [-0.3, -0.25) is 4.79 Å². The smallest absolute Gasteiger partial charge is 0.168 e. The predicted molar refractivity (Wildman–Crippen MR) is 59.4 cm³/mol. The first kappa shape index (κ1) is 10.7. The number of Topliss-reactive ketones (excluding diaryl/α,β-unsaturated/α-hetero) is 1. The fraction of sp³-hybridized carbons (Fsp3) is 0.417. The molecule has 0 amide bonds. The summed E-state index contributed by atoms with van der Waals surface area (Å²) in [5.74, 6) is 0.168. The third-order valence-electron chi connectivity index (χ3n) is 2.63. The standard InChI is InChI=1S/C12H13ClO2/c1-8-4-10(6-11(13)5-8)12(14)9-2-3-15-7-9/h4-6,9H,2-3,7H2,1H3. The first-order valence-electron chi connectivity index (χ1n) is 5.06. The van der Waals surface area contributed by atoms with Gasteiger partial charge in [-0.05, 0) is 37.1 Å². The van der Waals surface area contributed by atoms with Crippen molar-refractivity contribution in [3.05, 3.63) is 34.3 Å². The molecule has 1 aliphatic rings. The monoisotopic (exact) mass is 224 g/mol. The highest BCUT2D eigenvalue weighted by atomic mass is 35.5. The van der Waals surface area contributed by atoms with Crippen LogP contribution in [0.5, 0.6) is 0 Å². The molecule has 80 valence electrons. The summed E-state index contributed by atoms with van der Waals surface area (Å²) in [5.41, 5.74) is 1.72. The zero-order valence-electron chi connectivity index (χ0n) is 8.63. The Bertz CT molecular complexity index is 361. The molecular weight excluding hydrogens is 212 g/mol. The summed E-state index contributed by atoms with van der Waals surface area (Å²) in [6, 6.07) is 5.46. The van der Waals surface area contributed by atoms with E-state index in [9.17, 15) is 4.79 Å². The molecule has 0 aliphatic carbocycles. The van der Waals surface area contributed by atoms with Crippen molar-refractivity contribution >= 4 is 17.4 Å². The van der Waals surface area contributed by atoms with E-state index >= 15 is 0 Å². The molecule has 3 heteroatoms. The lowest BCUT2D eigenvalue weighted by molar-refractivity contribution is 0.0900. The maximum atomic E-state index is 12.0. The SMILES string of the molecule is Cc1cc(Cl)cc(C(=O)C2CCOC2)c1. The van der Waals surface area contributed by atoms with E-state index in [1.54, 1.807) is 6.07 Å². The van der Waals surface area contributed by atoms with Gasteiger partial charge in [0.25, 0.3) is 0 Å². The molecule has 1 aromatic rings. The van der Waals surface area contributed by atoms with Crippen LogP contribution in [-0.4, -0.2) is 19.0 Å². The van der Waals surface area contributed by atoms with Crippen molar-refractivity contribution in [2.75, 3.05) is 13.2 Å². The molecule has 1 heterocycles. The van der Waals surface area contributed by atoms with Crippen molar-refractivity contribution in [1.29, 1.82) is 0 Å². The van der Waals surface area contributed by atoms with Gasteiger partial charge in [0.05, 0.1) is 6.61 Å². The molecule has 0 bridgehead atoms. The van der Waals surface area contributed by atoms with Gasteiger partial charge in [-0.15, -0.1) is 0 Å². The van der Waals surface area contributed by atoms with Gasteiger partial charge in [-0.2, -0.15) is 0 Å². The molecule has 0 aromatic heterocycles. The van der Waals surface area contributed by atoms with Gasteiger partial charge in [0.2, 0.25) is 0 Å². The van der Waals surface area contributed by atoms with Gasteiger partial charge in [0, 0.05) is 23.1 Å². The van der Waals surface area contributed by atoms with Crippen LogP contribution < -0.4 is 0 Å². The average molecular weight is 225 g/mol. The minimum Gasteiger partial charge on any atom is -0.381 e. The first-order chi connectivity index (χ1) is 7.16. The minimum absolute atomic E-state index is 0.0165. The number of rotatable bonds is 2. The number of hydrogen-bond donors (Lipinski definition) is 0. The van der Waals surface area contributed by atoms with Crippen molar-refractivity contribution in [3.8, 4) is 0 Å². The van der Waals surface area contributed by atoms with Crippen LogP contribution in [0.3, 0.4) is 0 Å². The lowest BCUT2D eigenvalue weighted by atomic mass is 9.96. The number of hydrogen-bond acceptors (Lipinski definition) is 2. The Kier molecular flexibility index (Phi) is 3.08. The second-order valence-corrected chi connectivity index (χ2v) is 4.38. The molecule has 1 unspecified atom stereocenters. The molecule has 1 saturated heterocycles. The molecule has 15 heavy (non-hydrogen) atoms. The predicted octanol–water partition coefficient (Wildman–Crippen LogP) is 2.87. The number of benzene rings is 1. The van der Waals surface area contributed by atoms with E-state index in [0.29, 0.717) is 23.8 Å². The number of carbonyl (C=O) groups excluding carboxylic acids is 1. The summed E-state index contributed by atoms with van der Waals surface area (Å²) in [5, 5.41) is 0.622. The van der Waals surface area contributed by atoms with E-state index in [2.05, 4.69) is 0 Å². The highest BCUT2D eigenvalue weighted by Gasteiger charge is 2.24. The van der Waals surface area contributed by atoms with Crippen molar-refractivity contribution in [1.82, 2.24) is 0 Å². The zero-order chi connectivity index (χ0) is 10.8. The van der Waals surface area contributed by atoms with Crippen LogP contribution in [0.25, 0.3) is 0 Å².